The highest BCUT2D eigenvalue weighted by Crippen LogP contribution is 2.26. The number of carbonyl (C=O) groups is 1. The molecule has 126 valence electrons. The largest absolute Gasteiger partial charge is 0.341 e. The van der Waals surface area contributed by atoms with Gasteiger partial charge >= 0.3 is 0 Å². The fraction of sp³-hybridized carbons (Fsp3) is 0.389. The van der Waals surface area contributed by atoms with Gasteiger partial charge in [-0.15, -0.1) is 0 Å². The lowest BCUT2D eigenvalue weighted by molar-refractivity contribution is -0.120. The molecule has 24 heavy (non-hydrogen) atoms. The van der Waals surface area contributed by atoms with Crippen LogP contribution in [-0.2, 0) is 4.79 Å². The predicted octanol–water partition coefficient (Wildman–Crippen LogP) is 3.60. The van der Waals surface area contributed by atoms with Gasteiger partial charge in [0.25, 0.3) is 0 Å². The normalized spacial score (nSPS) is 15.4. The van der Waals surface area contributed by atoms with Crippen molar-refractivity contribution in [1.82, 2.24) is 9.97 Å². The number of benzene rings is 1. The molecule has 1 fully saturated rings. The van der Waals surface area contributed by atoms with E-state index >= 15 is 0 Å². The monoisotopic (exact) mass is 344 g/mol. The third-order valence-electron chi connectivity index (χ3n) is 4.46. The van der Waals surface area contributed by atoms with E-state index < -0.39 is 0 Å². The molecule has 0 bridgehead atoms. The van der Waals surface area contributed by atoms with E-state index in [-0.39, 0.29) is 11.8 Å². The van der Waals surface area contributed by atoms with Crippen molar-refractivity contribution in [3.8, 4) is 0 Å². The molecule has 5 nitrogen and oxygen atoms in total. The summed E-state index contributed by atoms with van der Waals surface area (Å²) in [6.45, 7) is 5.44. The first-order valence-corrected chi connectivity index (χ1v) is 8.53. The lowest BCUT2D eigenvalue weighted by Gasteiger charge is -2.31. The number of hydrogen-bond acceptors (Lipinski definition) is 4. The van der Waals surface area contributed by atoms with Crippen LogP contribution in [0.5, 0.6) is 0 Å². The van der Waals surface area contributed by atoms with E-state index in [1.165, 1.54) is 0 Å². The summed E-state index contributed by atoms with van der Waals surface area (Å²) in [5, 5.41) is 3.68. The van der Waals surface area contributed by atoms with Gasteiger partial charge < -0.3 is 10.2 Å². The summed E-state index contributed by atoms with van der Waals surface area (Å²) in [6.07, 6.45) is 3.36. The summed E-state index contributed by atoms with van der Waals surface area (Å²) < 4.78 is 0. The molecule has 1 saturated heterocycles. The zero-order valence-electron chi connectivity index (χ0n) is 13.9. The number of piperidine rings is 1. The lowest BCUT2D eigenvalue weighted by Crippen LogP contribution is -2.39. The van der Waals surface area contributed by atoms with Crippen molar-refractivity contribution in [3.63, 3.8) is 0 Å². The topological polar surface area (TPSA) is 58.1 Å². The molecule has 0 radical (unpaired) electrons. The van der Waals surface area contributed by atoms with Crippen molar-refractivity contribution in [3.05, 3.63) is 46.7 Å². The van der Waals surface area contributed by atoms with E-state index in [1.54, 1.807) is 6.20 Å². The van der Waals surface area contributed by atoms with Gasteiger partial charge in [0.15, 0.2) is 0 Å². The number of halogens is 1. The van der Waals surface area contributed by atoms with Crippen LogP contribution in [0.25, 0.3) is 0 Å². The molecular weight excluding hydrogens is 324 g/mol. The number of rotatable bonds is 3. The Morgan fingerprint density at radius 1 is 1.25 bits per heavy atom. The van der Waals surface area contributed by atoms with Gasteiger partial charge in [0.2, 0.25) is 11.9 Å². The van der Waals surface area contributed by atoms with Crippen molar-refractivity contribution < 1.29 is 4.79 Å². The number of amides is 1. The summed E-state index contributed by atoms with van der Waals surface area (Å²) in [6, 6.07) is 7.45. The average molecular weight is 345 g/mol. The SMILES string of the molecule is Cc1ccnc(N2CCC(C(=O)Nc3cccc(Cl)c3C)CC2)n1. The molecule has 1 aliphatic heterocycles. The molecule has 0 spiro atoms. The Hall–Kier alpha value is -2.14. The van der Waals surface area contributed by atoms with Gasteiger partial charge in [-0.1, -0.05) is 17.7 Å². The van der Waals surface area contributed by atoms with Crippen LogP contribution in [0.1, 0.15) is 24.1 Å². The van der Waals surface area contributed by atoms with Crippen LogP contribution in [0.15, 0.2) is 30.5 Å². The smallest absolute Gasteiger partial charge is 0.227 e. The average Bonchev–Trinajstić information content (AvgIpc) is 2.59. The lowest BCUT2D eigenvalue weighted by atomic mass is 9.96. The second-order valence-electron chi connectivity index (χ2n) is 6.16. The minimum atomic E-state index is 0.00411. The Balaban J connectivity index is 1.60. The van der Waals surface area contributed by atoms with Gasteiger partial charge in [-0.2, -0.15) is 0 Å². The summed E-state index contributed by atoms with van der Waals surface area (Å²) in [5.74, 6) is 0.814. The van der Waals surface area contributed by atoms with Gasteiger partial charge in [0.1, 0.15) is 0 Å². The molecule has 6 heteroatoms. The number of nitrogens with zero attached hydrogens (tertiary/aromatic N) is 3. The molecule has 1 amide bonds. The van der Waals surface area contributed by atoms with Crippen molar-refractivity contribution in [1.29, 1.82) is 0 Å². The molecule has 1 aliphatic rings. The number of aromatic nitrogens is 2. The van der Waals surface area contributed by atoms with Crippen molar-refractivity contribution in [2.24, 2.45) is 5.92 Å². The standard InChI is InChI=1S/C18H21ClN4O/c1-12-6-9-20-18(21-12)23-10-7-14(8-11-23)17(24)22-16-5-3-4-15(19)13(16)2/h3-6,9,14H,7-8,10-11H2,1-2H3,(H,22,24). The molecule has 0 saturated carbocycles. The highest BCUT2D eigenvalue weighted by molar-refractivity contribution is 6.31. The van der Waals surface area contributed by atoms with Crippen LogP contribution in [0, 0.1) is 19.8 Å². The molecule has 2 aromatic rings. The van der Waals surface area contributed by atoms with Crippen LogP contribution in [-0.4, -0.2) is 29.0 Å². The number of anilines is 2. The molecule has 3 rings (SSSR count). The molecular formula is C18H21ClN4O. The number of carbonyl (C=O) groups excluding carboxylic acids is 1. The Labute approximate surface area is 147 Å². The van der Waals surface area contributed by atoms with Crippen LogP contribution < -0.4 is 10.2 Å². The predicted molar refractivity (Wildman–Crippen MR) is 96.5 cm³/mol. The van der Waals surface area contributed by atoms with Gasteiger partial charge in [0.05, 0.1) is 0 Å². The third-order valence-corrected chi connectivity index (χ3v) is 4.87. The second-order valence-corrected chi connectivity index (χ2v) is 6.57. The Kier molecular flexibility index (Phi) is 5.00. The summed E-state index contributed by atoms with van der Waals surface area (Å²) >= 11 is 6.11. The van der Waals surface area contributed by atoms with E-state index in [2.05, 4.69) is 20.2 Å². The van der Waals surface area contributed by atoms with E-state index in [0.29, 0.717) is 5.02 Å². The maximum absolute atomic E-state index is 12.5. The quantitative estimate of drug-likeness (QED) is 0.924. The maximum atomic E-state index is 12.5. The Bertz CT molecular complexity index is 742. The highest BCUT2D eigenvalue weighted by Gasteiger charge is 2.26. The Morgan fingerprint density at radius 2 is 2.00 bits per heavy atom. The molecule has 2 heterocycles. The third kappa shape index (κ3) is 3.67. The van der Waals surface area contributed by atoms with Gasteiger partial charge in [-0.3, -0.25) is 4.79 Å². The van der Waals surface area contributed by atoms with Crippen LogP contribution in [0.4, 0.5) is 11.6 Å². The minimum Gasteiger partial charge on any atom is -0.341 e. The highest BCUT2D eigenvalue weighted by atomic mass is 35.5. The fourth-order valence-electron chi connectivity index (χ4n) is 2.91. The van der Waals surface area contributed by atoms with Crippen LogP contribution in [0.2, 0.25) is 5.02 Å². The van der Waals surface area contributed by atoms with Gasteiger partial charge in [-0.05, 0) is 50.5 Å². The van der Waals surface area contributed by atoms with E-state index in [4.69, 9.17) is 11.6 Å². The molecule has 1 N–H and O–H groups in total. The van der Waals surface area contributed by atoms with Crippen molar-refractivity contribution >= 4 is 29.1 Å². The molecule has 1 aromatic carbocycles. The van der Waals surface area contributed by atoms with Crippen molar-refractivity contribution in [2.75, 3.05) is 23.3 Å². The number of nitrogens with one attached hydrogen (secondary N) is 1. The van der Waals surface area contributed by atoms with E-state index in [9.17, 15) is 4.79 Å². The second kappa shape index (κ2) is 7.18. The number of hydrogen-bond donors (Lipinski definition) is 1. The van der Waals surface area contributed by atoms with E-state index in [1.807, 2.05) is 38.1 Å². The summed E-state index contributed by atoms with van der Waals surface area (Å²) in [7, 11) is 0. The molecule has 0 atom stereocenters. The van der Waals surface area contributed by atoms with Gasteiger partial charge in [-0.25, -0.2) is 9.97 Å². The first-order chi connectivity index (χ1) is 11.5. The minimum absolute atomic E-state index is 0.00411. The zero-order valence-corrected chi connectivity index (χ0v) is 14.7. The number of aryl methyl sites for hydroxylation is 1. The maximum Gasteiger partial charge on any atom is 0.227 e. The fourth-order valence-corrected chi connectivity index (χ4v) is 3.08. The summed E-state index contributed by atoms with van der Waals surface area (Å²) in [4.78, 5) is 23.4. The zero-order chi connectivity index (χ0) is 17.1. The molecule has 0 unspecified atom stereocenters. The Morgan fingerprint density at radius 3 is 2.71 bits per heavy atom. The first kappa shape index (κ1) is 16.7. The van der Waals surface area contributed by atoms with Crippen molar-refractivity contribution in [2.45, 2.75) is 26.7 Å². The van der Waals surface area contributed by atoms with Crippen LogP contribution in [0.3, 0.4) is 0 Å². The molecule has 0 aliphatic carbocycles. The van der Waals surface area contributed by atoms with Crippen LogP contribution >= 0.6 is 11.6 Å². The molecule has 1 aromatic heterocycles. The van der Waals surface area contributed by atoms with E-state index in [0.717, 1.165) is 48.8 Å². The van der Waals surface area contributed by atoms with Gasteiger partial charge in [0, 0.05) is 41.6 Å². The first-order valence-electron chi connectivity index (χ1n) is 8.15. The summed E-state index contributed by atoms with van der Waals surface area (Å²) in [5.41, 5.74) is 2.64.